The first-order chi connectivity index (χ1) is 11.6. The summed E-state index contributed by atoms with van der Waals surface area (Å²) in [6.07, 6.45) is 0. The van der Waals surface area contributed by atoms with Gasteiger partial charge in [-0.3, -0.25) is 4.79 Å². The van der Waals surface area contributed by atoms with Crippen LogP contribution in [0.25, 0.3) is 11.0 Å². The third-order valence-corrected chi connectivity index (χ3v) is 3.65. The molecule has 0 saturated heterocycles. The second-order valence-corrected chi connectivity index (χ2v) is 5.49. The van der Waals surface area contributed by atoms with Gasteiger partial charge >= 0.3 is 0 Å². The first kappa shape index (κ1) is 15.9. The summed E-state index contributed by atoms with van der Waals surface area (Å²) in [5.74, 6) is 0.219. The number of hydrogen-bond donors (Lipinski definition) is 2. The van der Waals surface area contributed by atoms with E-state index in [0.29, 0.717) is 22.5 Å². The van der Waals surface area contributed by atoms with Crippen molar-refractivity contribution in [2.45, 2.75) is 13.5 Å². The van der Waals surface area contributed by atoms with Crippen molar-refractivity contribution in [3.63, 3.8) is 0 Å². The highest BCUT2D eigenvalue weighted by atomic mass is 16.5. The van der Waals surface area contributed by atoms with Gasteiger partial charge in [-0.1, -0.05) is 25.1 Å². The maximum Gasteiger partial charge on any atom is 0.255 e. The van der Waals surface area contributed by atoms with Crippen LogP contribution in [-0.4, -0.2) is 32.4 Å². The number of nitrogen functional groups attached to an aromatic ring is 1. The first-order valence-electron chi connectivity index (χ1n) is 7.57. The Morgan fingerprint density at radius 2 is 2.04 bits per heavy atom. The lowest BCUT2D eigenvalue weighted by molar-refractivity contribution is 0.0791. The lowest BCUT2D eigenvalue weighted by Crippen LogP contribution is -2.26. The van der Waals surface area contributed by atoms with Gasteiger partial charge in [0.2, 0.25) is 0 Å². The summed E-state index contributed by atoms with van der Waals surface area (Å²) in [6.45, 7) is 1.75. The van der Waals surface area contributed by atoms with E-state index in [-0.39, 0.29) is 24.9 Å². The smallest absolute Gasteiger partial charge is 0.255 e. The van der Waals surface area contributed by atoms with Crippen molar-refractivity contribution in [2.75, 3.05) is 12.3 Å². The number of pyridine rings is 1. The van der Waals surface area contributed by atoms with Crippen LogP contribution in [0.2, 0.25) is 0 Å². The van der Waals surface area contributed by atoms with Gasteiger partial charge in [-0.25, -0.2) is 4.98 Å². The molecule has 3 aromatic rings. The maximum atomic E-state index is 12.7. The van der Waals surface area contributed by atoms with Crippen molar-refractivity contribution in [2.24, 2.45) is 5.92 Å². The number of para-hydroxylation sites is 1. The van der Waals surface area contributed by atoms with Crippen LogP contribution in [0.1, 0.15) is 17.4 Å². The van der Waals surface area contributed by atoms with Crippen LogP contribution in [0.4, 0.5) is 5.82 Å². The topological polar surface area (TPSA) is 103 Å². The summed E-state index contributed by atoms with van der Waals surface area (Å²) < 4.78 is 6.80. The normalized spacial score (nSPS) is 12.2. The molecule has 0 aliphatic rings. The number of ether oxygens (including phenoxy) is 1. The van der Waals surface area contributed by atoms with Crippen molar-refractivity contribution in [3.8, 4) is 5.75 Å². The Kier molecular flexibility index (Phi) is 4.43. The Labute approximate surface area is 138 Å². The van der Waals surface area contributed by atoms with E-state index >= 15 is 0 Å². The number of aliphatic hydroxyl groups excluding tert-OH is 1. The fourth-order valence-electron chi connectivity index (χ4n) is 2.32. The third-order valence-electron chi connectivity index (χ3n) is 3.65. The number of anilines is 1. The zero-order chi connectivity index (χ0) is 17.1. The van der Waals surface area contributed by atoms with Gasteiger partial charge in [-0.05, 0) is 24.3 Å². The van der Waals surface area contributed by atoms with E-state index in [1.807, 2.05) is 30.3 Å². The zero-order valence-electron chi connectivity index (χ0n) is 13.2. The molecule has 24 heavy (non-hydrogen) atoms. The number of aliphatic hydroxyl groups is 1. The fourth-order valence-corrected chi connectivity index (χ4v) is 2.32. The highest BCUT2D eigenvalue weighted by molar-refractivity contribution is 5.95. The minimum Gasteiger partial charge on any atom is -0.493 e. The molecular weight excluding hydrogens is 308 g/mol. The van der Waals surface area contributed by atoms with Crippen LogP contribution >= 0.6 is 0 Å². The molecule has 3 N–H and O–H groups in total. The van der Waals surface area contributed by atoms with E-state index in [2.05, 4.69) is 10.1 Å². The summed E-state index contributed by atoms with van der Waals surface area (Å²) in [4.78, 5) is 16.9. The van der Waals surface area contributed by atoms with Crippen molar-refractivity contribution < 1.29 is 14.6 Å². The van der Waals surface area contributed by atoms with E-state index in [1.165, 1.54) is 4.68 Å². The predicted octanol–water partition coefficient (Wildman–Crippen LogP) is 1.86. The molecule has 3 rings (SSSR count). The number of rotatable bonds is 5. The van der Waals surface area contributed by atoms with Crippen LogP contribution < -0.4 is 10.5 Å². The lowest BCUT2D eigenvalue weighted by atomic mass is 10.2. The molecule has 7 nitrogen and oxygen atoms in total. The SMILES string of the molecule is C[C@@H](COc1ccccc1)C(=O)n1nc(N)c2ccc(CO)nc21. The Hall–Kier alpha value is -2.93. The minimum absolute atomic E-state index is 0.212. The van der Waals surface area contributed by atoms with E-state index in [0.717, 1.165) is 0 Å². The molecule has 0 aliphatic heterocycles. The number of aromatic nitrogens is 3. The molecule has 0 radical (unpaired) electrons. The number of nitrogens with two attached hydrogens (primary N) is 1. The van der Waals surface area contributed by atoms with Crippen LogP contribution in [0, 0.1) is 5.92 Å². The zero-order valence-corrected chi connectivity index (χ0v) is 13.2. The van der Waals surface area contributed by atoms with Crippen LogP contribution in [0.15, 0.2) is 42.5 Å². The van der Waals surface area contributed by atoms with Gasteiger partial charge in [0.15, 0.2) is 11.5 Å². The number of nitrogens with zero attached hydrogens (tertiary/aromatic N) is 3. The largest absolute Gasteiger partial charge is 0.493 e. The number of hydrogen-bond acceptors (Lipinski definition) is 6. The number of benzene rings is 1. The summed E-state index contributed by atoms with van der Waals surface area (Å²) in [6, 6.07) is 12.6. The quantitative estimate of drug-likeness (QED) is 0.742. The lowest BCUT2D eigenvalue weighted by Gasteiger charge is -2.12. The van der Waals surface area contributed by atoms with Crippen molar-refractivity contribution in [3.05, 3.63) is 48.2 Å². The molecule has 0 spiro atoms. The van der Waals surface area contributed by atoms with Gasteiger partial charge in [0, 0.05) is 0 Å². The van der Waals surface area contributed by atoms with Crippen molar-refractivity contribution in [1.29, 1.82) is 0 Å². The second kappa shape index (κ2) is 6.67. The monoisotopic (exact) mass is 326 g/mol. The summed E-state index contributed by atoms with van der Waals surface area (Å²) in [7, 11) is 0. The van der Waals surface area contributed by atoms with Gasteiger partial charge in [0.1, 0.15) is 5.75 Å². The van der Waals surface area contributed by atoms with Gasteiger partial charge in [-0.15, -0.1) is 5.10 Å². The van der Waals surface area contributed by atoms with Gasteiger partial charge in [0.05, 0.1) is 30.2 Å². The summed E-state index contributed by atoms with van der Waals surface area (Å²) in [5, 5.41) is 13.9. The highest BCUT2D eigenvalue weighted by Crippen LogP contribution is 2.20. The van der Waals surface area contributed by atoms with E-state index < -0.39 is 5.92 Å². The third kappa shape index (κ3) is 3.07. The highest BCUT2D eigenvalue weighted by Gasteiger charge is 2.21. The first-order valence-corrected chi connectivity index (χ1v) is 7.57. The molecule has 0 amide bonds. The molecule has 0 bridgehead atoms. The molecule has 7 heteroatoms. The minimum atomic E-state index is -0.438. The molecule has 124 valence electrons. The number of carbonyl (C=O) groups excluding carboxylic acids is 1. The molecule has 0 fully saturated rings. The standard InChI is InChI=1S/C17H18N4O3/c1-11(10-24-13-5-3-2-4-6-13)17(23)21-16-14(15(18)20-21)8-7-12(9-22)19-16/h2-8,11,22H,9-10H2,1H3,(H2,18,20)/t11-/m0/s1. The average molecular weight is 326 g/mol. The molecular formula is C17H18N4O3. The van der Waals surface area contributed by atoms with Crippen LogP contribution in [-0.2, 0) is 6.61 Å². The van der Waals surface area contributed by atoms with Gasteiger partial charge in [0.25, 0.3) is 5.91 Å². The molecule has 0 saturated carbocycles. The number of carbonyl (C=O) groups is 1. The van der Waals surface area contributed by atoms with Crippen molar-refractivity contribution >= 4 is 22.8 Å². The van der Waals surface area contributed by atoms with Crippen molar-refractivity contribution in [1.82, 2.24) is 14.8 Å². The van der Waals surface area contributed by atoms with Crippen LogP contribution in [0.3, 0.4) is 0 Å². The Bertz CT molecular complexity index is 861. The Morgan fingerprint density at radius 1 is 1.29 bits per heavy atom. The summed E-state index contributed by atoms with van der Waals surface area (Å²) in [5.41, 5.74) is 6.65. The van der Waals surface area contributed by atoms with E-state index in [4.69, 9.17) is 10.5 Å². The van der Waals surface area contributed by atoms with Gasteiger partial charge < -0.3 is 15.6 Å². The van der Waals surface area contributed by atoms with E-state index in [1.54, 1.807) is 19.1 Å². The molecule has 1 atom stereocenters. The van der Waals surface area contributed by atoms with Gasteiger partial charge in [-0.2, -0.15) is 4.68 Å². The maximum absolute atomic E-state index is 12.7. The number of fused-ring (bicyclic) bond motifs is 1. The van der Waals surface area contributed by atoms with Crippen LogP contribution in [0.5, 0.6) is 5.75 Å². The molecule has 0 aliphatic carbocycles. The van der Waals surface area contributed by atoms with E-state index in [9.17, 15) is 9.90 Å². The fraction of sp³-hybridized carbons (Fsp3) is 0.235. The summed E-state index contributed by atoms with van der Waals surface area (Å²) >= 11 is 0. The molecule has 2 aromatic heterocycles. The predicted molar refractivity (Wildman–Crippen MR) is 89.6 cm³/mol. The average Bonchev–Trinajstić information content (AvgIpc) is 2.96. The molecule has 2 heterocycles. The molecule has 0 unspecified atom stereocenters. The Morgan fingerprint density at radius 3 is 2.75 bits per heavy atom. The Balaban J connectivity index is 1.82. The molecule has 1 aromatic carbocycles. The second-order valence-electron chi connectivity index (χ2n) is 5.49.